The molecule has 1 aromatic rings. The molecule has 1 saturated carbocycles. The first kappa shape index (κ1) is 10.4. The molecule has 0 aliphatic heterocycles. The van der Waals surface area contributed by atoms with Crippen LogP contribution in [0.15, 0.2) is 12.1 Å². The number of aromatic nitrogens is 1. The van der Waals surface area contributed by atoms with Gasteiger partial charge in [0.1, 0.15) is 11.4 Å². The summed E-state index contributed by atoms with van der Waals surface area (Å²) >= 11 is 0. The number of amides is 1. The van der Waals surface area contributed by atoms with Gasteiger partial charge in [0.2, 0.25) is 0 Å². The monoisotopic (exact) mass is 222 g/mol. The SMILES string of the molecule is NC(=O)c1cc(OC2CC2)cc(C(=O)O)n1. The minimum atomic E-state index is -1.22. The van der Waals surface area contributed by atoms with Gasteiger partial charge in [-0.05, 0) is 12.8 Å². The van der Waals surface area contributed by atoms with E-state index in [2.05, 4.69) is 4.98 Å². The summed E-state index contributed by atoms with van der Waals surface area (Å²) in [5.41, 5.74) is 4.70. The van der Waals surface area contributed by atoms with Crippen LogP contribution in [-0.4, -0.2) is 28.1 Å². The van der Waals surface area contributed by atoms with Gasteiger partial charge in [0.15, 0.2) is 5.69 Å². The minimum absolute atomic E-state index is 0.101. The highest BCUT2D eigenvalue weighted by atomic mass is 16.5. The van der Waals surface area contributed by atoms with E-state index in [1.165, 1.54) is 12.1 Å². The average Bonchev–Trinajstić information content (AvgIpc) is 3.01. The van der Waals surface area contributed by atoms with E-state index < -0.39 is 11.9 Å². The number of pyridine rings is 1. The molecule has 0 unspecified atom stereocenters. The van der Waals surface area contributed by atoms with Crippen molar-refractivity contribution in [3.05, 3.63) is 23.5 Å². The third-order valence-electron chi connectivity index (χ3n) is 2.10. The summed E-state index contributed by atoms with van der Waals surface area (Å²) in [6.45, 7) is 0. The fourth-order valence-corrected chi connectivity index (χ4v) is 1.19. The Hall–Kier alpha value is -2.11. The lowest BCUT2D eigenvalue weighted by molar-refractivity contribution is 0.0689. The standard InChI is InChI=1S/C10H10N2O4/c11-9(13)7-3-6(16-5-1-2-5)4-8(12-7)10(14)15/h3-5H,1-2H2,(H2,11,13)(H,14,15). The van der Waals surface area contributed by atoms with Crippen molar-refractivity contribution in [3.8, 4) is 5.75 Å². The van der Waals surface area contributed by atoms with Gasteiger partial charge in [-0.2, -0.15) is 0 Å². The van der Waals surface area contributed by atoms with Gasteiger partial charge in [-0.15, -0.1) is 0 Å². The van der Waals surface area contributed by atoms with E-state index in [0.717, 1.165) is 12.8 Å². The number of carbonyl (C=O) groups is 2. The zero-order chi connectivity index (χ0) is 11.7. The van der Waals surface area contributed by atoms with Gasteiger partial charge in [-0.3, -0.25) is 4.79 Å². The Balaban J connectivity index is 2.35. The van der Waals surface area contributed by atoms with Crippen molar-refractivity contribution in [2.75, 3.05) is 0 Å². The minimum Gasteiger partial charge on any atom is -0.490 e. The number of ether oxygens (including phenoxy) is 1. The molecule has 1 heterocycles. The molecule has 0 spiro atoms. The molecule has 1 aliphatic rings. The van der Waals surface area contributed by atoms with Crippen molar-refractivity contribution in [1.29, 1.82) is 0 Å². The number of aromatic carboxylic acids is 1. The predicted octanol–water partition coefficient (Wildman–Crippen LogP) is 0.420. The van der Waals surface area contributed by atoms with Crippen LogP contribution in [0.4, 0.5) is 0 Å². The van der Waals surface area contributed by atoms with Crippen LogP contribution in [0.3, 0.4) is 0 Å². The zero-order valence-electron chi connectivity index (χ0n) is 8.34. The predicted molar refractivity (Wildman–Crippen MR) is 53.4 cm³/mol. The first-order valence-corrected chi connectivity index (χ1v) is 4.78. The second kappa shape index (κ2) is 3.80. The van der Waals surface area contributed by atoms with E-state index in [4.69, 9.17) is 15.6 Å². The Bertz CT molecular complexity index is 422. The van der Waals surface area contributed by atoms with Gasteiger partial charge >= 0.3 is 5.97 Å². The van der Waals surface area contributed by atoms with Crippen LogP contribution in [-0.2, 0) is 0 Å². The van der Waals surface area contributed by atoms with E-state index in [-0.39, 0.29) is 17.5 Å². The summed E-state index contributed by atoms with van der Waals surface area (Å²) in [5, 5.41) is 8.80. The summed E-state index contributed by atoms with van der Waals surface area (Å²) in [5.74, 6) is -1.67. The topological polar surface area (TPSA) is 103 Å². The average molecular weight is 222 g/mol. The van der Waals surface area contributed by atoms with E-state index in [0.29, 0.717) is 5.75 Å². The molecule has 0 atom stereocenters. The summed E-state index contributed by atoms with van der Waals surface area (Å²) in [6.07, 6.45) is 2.00. The molecule has 6 nitrogen and oxygen atoms in total. The molecule has 3 N–H and O–H groups in total. The maximum absolute atomic E-state index is 10.9. The molecule has 84 valence electrons. The van der Waals surface area contributed by atoms with Crippen molar-refractivity contribution < 1.29 is 19.4 Å². The molecule has 1 amide bonds. The highest BCUT2D eigenvalue weighted by Crippen LogP contribution is 2.27. The number of nitrogens with two attached hydrogens (primary N) is 1. The smallest absolute Gasteiger partial charge is 0.354 e. The highest BCUT2D eigenvalue weighted by molar-refractivity contribution is 5.93. The Labute approximate surface area is 91.0 Å². The number of carboxylic acid groups (broad SMARTS) is 1. The van der Waals surface area contributed by atoms with Crippen LogP contribution >= 0.6 is 0 Å². The number of rotatable bonds is 4. The maximum atomic E-state index is 10.9. The third kappa shape index (κ3) is 2.28. The lowest BCUT2D eigenvalue weighted by atomic mass is 10.2. The lowest BCUT2D eigenvalue weighted by Gasteiger charge is -2.06. The molecule has 1 aliphatic carbocycles. The molecule has 16 heavy (non-hydrogen) atoms. The van der Waals surface area contributed by atoms with Crippen molar-refractivity contribution in [3.63, 3.8) is 0 Å². The van der Waals surface area contributed by atoms with E-state index in [1.807, 2.05) is 0 Å². The fourth-order valence-electron chi connectivity index (χ4n) is 1.19. The van der Waals surface area contributed by atoms with Crippen molar-refractivity contribution in [1.82, 2.24) is 4.98 Å². The Morgan fingerprint density at radius 3 is 2.50 bits per heavy atom. The van der Waals surface area contributed by atoms with E-state index >= 15 is 0 Å². The van der Waals surface area contributed by atoms with Gasteiger partial charge < -0.3 is 15.6 Å². The Morgan fingerprint density at radius 1 is 1.38 bits per heavy atom. The summed E-state index contributed by atoms with van der Waals surface area (Å²) in [7, 11) is 0. The first-order valence-electron chi connectivity index (χ1n) is 4.78. The normalized spacial score (nSPS) is 14.5. The second-order valence-corrected chi connectivity index (χ2v) is 3.56. The molecule has 0 bridgehead atoms. The lowest BCUT2D eigenvalue weighted by Crippen LogP contribution is -2.16. The number of carboxylic acids is 1. The van der Waals surface area contributed by atoms with Crippen molar-refractivity contribution in [2.24, 2.45) is 5.73 Å². The number of hydrogen-bond acceptors (Lipinski definition) is 4. The van der Waals surface area contributed by atoms with Crippen molar-refractivity contribution >= 4 is 11.9 Å². The first-order chi connectivity index (χ1) is 7.56. The molecular formula is C10H10N2O4. The summed E-state index contributed by atoms with van der Waals surface area (Å²) < 4.78 is 5.40. The van der Waals surface area contributed by atoms with Crippen LogP contribution < -0.4 is 10.5 Å². The maximum Gasteiger partial charge on any atom is 0.354 e. The van der Waals surface area contributed by atoms with Gasteiger partial charge in [-0.25, -0.2) is 9.78 Å². The fraction of sp³-hybridized carbons (Fsp3) is 0.300. The number of nitrogens with zero attached hydrogens (tertiary/aromatic N) is 1. The highest BCUT2D eigenvalue weighted by Gasteiger charge is 2.24. The van der Waals surface area contributed by atoms with Crippen molar-refractivity contribution in [2.45, 2.75) is 18.9 Å². The van der Waals surface area contributed by atoms with E-state index in [1.54, 1.807) is 0 Å². The third-order valence-corrected chi connectivity index (χ3v) is 2.10. The van der Waals surface area contributed by atoms with Gasteiger partial charge in [0.05, 0.1) is 6.10 Å². The number of primary amides is 1. The zero-order valence-corrected chi connectivity index (χ0v) is 8.34. The number of hydrogen-bond donors (Lipinski definition) is 2. The molecule has 0 aromatic carbocycles. The summed E-state index contributed by atoms with van der Waals surface area (Å²) in [6, 6.07) is 2.64. The van der Waals surface area contributed by atoms with Crippen LogP contribution in [0.1, 0.15) is 33.8 Å². The van der Waals surface area contributed by atoms with Gasteiger partial charge in [-0.1, -0.05) is 0 Å². The molecule has 6 heteroatoms. The van der Waals surface area contributed by atoms with Crippen LogP contribution in [0.2, 0.25) is 0 Å². The van der Waals surface area contributed by atoms with Gasteiger partial charge in [0, 0.05) is 12.1 Å². The second-order valence-electron chi connectivity index (χ2n) is 3.56. The number of carbonyl (C=O) groups excluding carboxylic acids is 1. The quantitative estimate of drug-likeness (QED) is 0.768. The Kier molecular flexibility index (Phi) is 2.47. The van der Waals surface area contributed by atoms with Crippen LogP contribution in [0.5, 0.6) is 5.75 Å². The molecule has 0 saturated heterocycles. The molecule has 0 radical (unpaired) electrons. The summed E-state index contributed by atoms with van der Waals surface area (Å²) in [4.78, 5) is 25.3. The molecular weight excluding hydrogens is 212 g/mol. The Morgan fingerprint density at radius 2 is 2.00 bits per heavy atom. The molecule has 1 fully saturated rings. The van der Waals surface area contributed by atoms with Crippen LogP contribution in [0, 0.1) is 0 Å². The largest absolute Gasteiger partial charge is 0.490 e. The molecule has 2 rings (SSSR count). The van der Waals surface area contributed by atoms with E-state index in [9.17, 15) is 9.59 Å². The molecule has 1 aromatic heterocycles. The van der Waals surface area contributed by atoms with Crippen LogP contribution in [0.25, 0.3) is 0 Å². The van der Waals surface area contributed by atoms with Gasteiger partial charge in [0.25, 0.3) is 5.91 Å².